The van der Waals surface area contributed by atoms with Gasteiger partial charge in [0.1, 0.15) is 17.9 Å². The maximum absolute atomic E-state index is 14.7. The average Bonchev–Trinajstić information content (AvgIpc) is 3.90. The summed E-state index contributed by atoms with van der Waals surface area (Å²) in [6.45, 7) is 4.70. The number of amides is 2. The van der Waals surface area contributed by atoms with E-state index in [9.17, 15) is 18.0 Å². The molecule has 0 bridgehead atoms. The fourth-order valence-electron chi connectivity index (χ4n) is 7.49. The van der Waals surface area contributed by atoms with Gasteiger partial charge in [0.25, 0.3) is 15.9 Å². The fourth-order valence-corrected chi connectivity index (χ4v) is 9.85. The third kappa shape index (κ3) is 6.62. The first-order valence-corrected chi connectivity index (χ1v) is 19.7. The summed E-state index contributed by atoms with van der Waals surface area (Å²) in [5.41, 5.74) is 2.95. The van der Waals surface area contributed by atoms with Crippen LogP contribution >= 0.6 is 23.2 Å². The molecule has 2 saturated heterocycles. The zero-order valence-corrected chi connectivity index (χ0v) is 31.6. The van der Waals surface area contributed by atoms with E-state index in [1.54, 1.807) is 37.5 Å². The zero-order valence-electron chi connectivity index (χ0n) is 29.2. The molecule has 1 N–H and O–H groups in total. The smallest absolute Gasteiger partial charge is 0.261 e. The van der Waals surface area contributed by atoms with E-state index in [1.165, 1.54) is 26.3 Å². The Balaban J connectivity index is 1.12. The van der Waals surface area contributed by atoms with Crippen molar-refractivity contribution in [3.63, 3.8) is 0 Å². The van der Waals surface area contributed by atoms with Gasteiger partial charge in [0.05, 0.1) is 25.1 Å². The number of nitrogens with one attached hydrogen (secondary N) is 1. The van der Waals surface area contributed by atoms with Crippen molar-refractivity contribution < 1.29 is 22.7 Å². The third-order valence-electron chi connectivity index (χ3n) is 10.2. The number of hydrogen-bond donors (Lipinski definition) is 1. The Morgan fingerprint density at radius 1 is 0.907 bits per heavy atom. The van der Waals surface area contributed by atoms with Gasteiger partial charge in [-0.1, -0.05) is 47.5 Å². The maximum Gasteiger partial charge on any atom is 0.261 e. The molecule has 0 saturated carbocycles. The van der Waals surface area contributed by atoms with Gasteiger partial charge < -0.3 is 15.0 Å². The molecular formula is C38H36Cl2N8O5S. The molecule has 2 amide bonds. The molecule has 3 aliphatic heterocycles. The van der Waals surface area contributed by atoms with Crippen LogP contribution in [0.25, 0.3) is 11.1 Å². The lowest BCUT2D eigenvalue weighted by atomic mass is 9.91. The van der Waals surface area contributed by atoms with Gasteiger partial charge in [-0.2, -0.15) is 4.31 Å². The van der Waals surface area contributed by atoms with Crippen LogP contribution in [0.3, 0.4) is 0 Å². The first kappa shape index (κ1) is 36.1. The number of anilines is 4. The second-order valence-corrected chi connectivity index (χ2v) is 16.4. The molecule has 0 spiro atoms. The van der Waals surface area contributed by atoms with Gasteiger partial charge in [0.15, 0.2) is 5.03 Å². The van der Waals surface area contributed by atoms with Gasteiger partial charge in [-0.05, 0) is 73.4 Å². The van der Waals surface area contributed by atoms with Crippen molar-refractivity contribution in [3.05, 3.63) is 107 Å². The summed E-state index contributed by atoms with van der Waals surface area (Å²) in [6, 6.07) is 18.8. The van der Waals surface area contributed by atoms with E-state index in [4.69, 9.17) is 27.9 Å². The topological polar surface area (TPSA) is 143 Å². The molecule has 8 rings (SSSR count). The lowest BCUT2D eigenvalue weighted by molar-refractivity contribution is -0.124. The van der Waals surface area contributed by atoms with Crippen LogP contribution in [0, 0.1) is 0 Å². The van der Waals surface area contributed by atoms with Gasteiger partial charge in [0.2, 0.25) is 11.9 Å². The normalized spacial score (nSPS) is 20.4. The number of fused-ring (bicyclic) bond motifs is 1. The van der Waals surface area contributed by atoms with Gasteiger partial charge in [0, 0.05) is 65.4 Å². The summed E-state index contributed by atoms with van der Waals surface area (Å²) in [7, 11) is -4.37. The van der Waals surface area contributed by atoms with Crippen LogP contribution in [-0.2, 0) is 36.3 Å². The van der Waals surface area contributed by atoms with Gasteiger partial charge in [-0.25, -0.2) is 28.3 Å². The summed E-state index contributed by atoms with van der Waals surface area (Å²) in [6.07, 6.45) is 7.07. The van der Waals surface area contributed by atoms with E-state index in [-0.39, 0.29) is 23.9 Å². The largest absolute Gasteiger partial charge is 0.378 e. The molecule has 54 heavy (non-hydrogen) atoms. The minimum absolute atomic E-state index is 0.0954. The number of benzene rings is 3. The van der Waals surface area contributed by atoms with Crippen molar-refractivity contribution in [1.29, 1.82) is 0 Å². The van der Waals surface area contributed by atoms with Gasteiger partial charge in [-0.3, -0.25) is 14.2 Å². The Morgan fingerprint density at radius 2 is 1.59 bits per heavy atom. The molecular weight excluding hydrogens is 751 g/mol. The van der Waals surface area contributed by atoms with Crippen LogP contribution in [0.5, 0.6) is 0 Å². The molecule has 2 fully saturated rings. The van der Waals surface area contributed by atoms with Crippen LogP contribution < -0.4 is 15.1 Å². The number of sulfonamides is 1. The second-order valence-electron chi connectivity index (χ2n) is 13.7. The second kappa shape index (κ2) is 14.4. The van der Waals surface area contributed by atoms with Crippen LogP contribution in [0.1, 0.15) is 25.3 Å². The third-order valence-corrected chi connectivity index (χ3v) is 12.5. The summed E-state index contributed by atoms with van der Waals surface area (Å²) in [5.74, 6) is -0.760. The van der Waals surface area contributed by atoms with E-state index in [1.807, 2.05) is 48.5 Å². The van der Waals surface area contributed by atoms with Crippen molar-refractivity contribution >= 4 is 68.1 Å². The molecule has 13 nitrogen and oxygen atoms in total. The van der Waals surface area contributed by atoms with E-state index >= 15 is 0 Å². The summed E-state index contributed by atoms with van der Waals surface area (Å²) >= 11 is 12.7. The fraction of sp³-hybridized carbons (Fsp3) is 0.289. The number of carbonyl (C=O) groups excluding carboxylic acids is 2. The lowest BCUT2D eigenvalue weighted by Gasteiger charge is -2.29. The van der Waals surface area contributed by atoms with E-state index in [0.29, 0.717) is 47.5 Å². The minimum Gasteiger partial charge on any atom is -0.378 e. The molecule has 278 valence electrons. The van der Waals surface area contributed by atoms with Crippen molar-refractivity contribution in [2.75, 3.05) is 48.0 Å². The zero-order chi connectivity index (χ0) is 37.6. The number of carbonyl (C=O) groups is 2. The van der Waals surface area contributed by atoms with Crippen LogP contribution in [-0.4, -0.2) is 82.9 Å². The summed E-state index contributed by atoms with van der Waals surface area (Å²) in [5, 5.41) is 3.32. The molecule has 3 aromatic carbocycles. The molecule has 3 aliphatic rings. The average molecular weight is 788 g/mol. The van der Waals surface area contributed by atoms with E-state index < -0.39 is 33.4 Å². The van der Waals surface area contributed by atoms with Gasteiger partial charge >= 0.3 is 0 Å². The highest BCUT2D eigenvalue weighted by Crippen LogP contribution is 2.45. The molecule has 0 aliphatic carbocycles. The molecule has 2 atom stereocenters. The highest BCUT2D eigenvalue weighted by Gasteiger charge is 2.53. The first-order valence-electron chi connectivity index (χ1n) is 17.5. The van der Waals surface area contributed by atoms with Crippen molar-refractivity contribution in [1.82, 2.24) is 23.8 Å². The van der Waals surface area contributed by atoms with Crippen LogP contribution in [0.2, 0.25) is 10.0 Å². The number of imidazole rings is 1. The summed E-state index contributed by atoms with van der Waals surface area (Å²) in [4.78, 5) is 44.7. The number of rotatable bonds is 9. The van der Waals surface area contributed by atoms with Crippen LogP contribution in [0.15, 0.2) is 96.7 Å². The number of hydrogen-bond acceptors (Lipinski definition) is 9. The number of halogens is 2. The van der Waals surface area contributed by atoms with E-state index in [2.05, 4.69) is 25.2 Å². The lowest BCUT2D eigenvalue weighted by Crippen LogP contribution is -2.46. The number of aromatic nitrogens is 4. The Morgan fingerprint density at radius 3 is 2.28 bits per heavy atom. The number of nitrogens with zero attached hydrogens (tertiary/aromatic N) is 7. The predicted octanol–water partition coefficient (Wildman–Crippen LogP) is 5.91. The first-order chi connectivity index (χ1) is 26.0. The van der Waals surface area contributed by atoms with Crippen molar-refractivity contribution in [2.24, 2.45) is 0 Å². The van der Waals surface area contributed by atoms with Crippen molar-refractivity contribution in [3.8, 4) is 11.1 Å². The van der Waals surface area contributed by atoms with Crippen LogP contribution in [0.4, 0.5) is 23.0 Å². The Labute approximate surface area is 322 Å². The van der Waals surface area contributed by atoms with E-state index in [0.717, 1.165) is 35.5 Å². The Hall–Kier alpha value is -4.86. The highest BCUT2D eigenvalue weighted by atomic mass is 35.5. The van der Waals surface area contributed by atoms with Crippen molar-refractivity contribution in [2.45, 2.75) is 42.8 Å². The number of morpholine rings is 1. The number of ether oxygens (including phenoxy) is 1. The van der Waals surface area contributed by atoms with Gasteiger partial charge in [-0.15, -0.1) is 0 Å². The monoisotopic (exact) mass is 786 g/mol. The molecule has 5 aromatic rings. The molecule has 0 radical (unpaired) electrons. The minimum atomic E-state index is -4.37. The molecule has 16 heteroatoms. The standard InChI is InChI=1S/C38H36Cl2N8O5S/c1-38(20-25-4-6-26(7-5-25)27-21-41-24-42-22-27)36(50)47(32-18-28(39)17-29(40)19-32)37-43-23-34(48(37)38)54(51,52)46-12-2-3-33(46)35(49)44-30-8-10-31(11-9-30)45-13-15-53-16-14-45/h4-11,17-19,21-24,33H,2-3,12-16,20H2,1H3,(H,44,49)/t33-,38+/m0/s1. The highest BCUT2D eigenvalue weighted by molar-refractivity contribution is 7.89. The Bertz CT molecular complexity index is 2300. The SMILES string of the molecule is C[C@@]1(Cc2ccc(-c3cncnc3)cc2)C(=O)N(c2cc(Cl)cc(Cl)c2)c2ncc(S(=O)(=O)N3CCC[C@H]3C(=O)Nc3ccc(N4CCOCC4)cc3)n21. The quantitative estimate of drug-likeness (QED) is 0.193. The maximum atomic E-state index is 14.7. The summed E-state index contributed by atoms with van der Waals surface area (Å²) < 4.78 is 37.6. The molecule has 2 aromatic heterocycles. The predicted molar refractivity (Wildman–Crippen MR) is 206 cm³/mol. The Kier molecular flexibility index (Phi) is 9.65. The molecule has 0 unspecified atom stereocenters. The molecule has 5 heterocycles.